The number of hydrogen-bond acceptors (Lipinski definition) is 5. The number of hydrogen-bond donors (Lipinski definition) is 1. The van der Waals surface area contributed by atoms with Gasteiger partial charge in [-0.3, -0.25) is 4.79 Å². The molecule has 4 nitrogen and oxygen atoms in total. The zero-order valence-corrected chi connectivity index (χ0v) is 16.1. The van der Waals surface area contributed by atoms with E-state index in [0.717, 1.165) is 28.1 Å². The molecule has 0 radical (unpaired) electrons. The molecule has 0 aliphatic heterocycles. The average molecular weight is 364 g/mol. The van der Waals surface area contributed by atoms with E-state index in [2.05, 4.69) is 29.1 Å². The first-order valence-corrected chi connectivity index (χ1v) is 10.6. The van der Waals surface area contributed by atoms with Gasteiger partial charge in [0.05, 0.1) is 5.75 Å². The summed E-state index contributed by atoms with van der Waals surface area (Å²) in [6, 6.07) is 0.356. The van der Waals surface area contributed by atoms with Gasteiger partial charge in [-0.25, -0.2) is 9.97 Å². The molecule has 1 aliphatic carbocycles. The molecule has 2 heterocycles. The van der Waals surface area contributed by atoms with Gasteiger partial charge in [-0.15, -0.1) is 11.3 Å². The number of thiophene rings is 1. The van der Waals surface area contributed by atoms with Crippen LogP contribution in [0.5, 0.6) is 0 Å². The molecule has 1 aliphatic rings. The third kappa shape index (κ3) is 4.28. The fourth-order valence-corrected chi connectivity index (χ4v) is 5.19. The van der Waals surface area contributed by atoms with E-state index in [4.69, 9.17) is 0 Å². The molecule has 0 aromatic carbocycles. The fraction of sp³-hybridized carbons (Fsp3) is 0.611. The van der Waals surface area contributed by atoms with E-state index in [0.29, 0.717) is 11.8 Å². The van der Waals surface area contributed by atoms with Gasteiger partial charge in [0.15, 0.2) is 0 Å². The second-order valence-corrected chi connectivity index (χ2v) is 8.71. The molecule has 1 saturated carbocycles. The van der Waals surface area contributed by atoms with Crippen molar-refractivity contribution in [3.63, 3.8) is 0 Å². The minimum Gasteiger partial charge on any atom is -0.353 e. The van der Waals surface area contributed by atoms with E-state index in [-0.39, 0.29) is 5.91 Å². The first-order valence-electron chi connectivity index (χ1n) is 8.78. The molecule has 0 spiro atoms. The number of aromatic nitrogens is 2. The van der Waals surface area contributed by atoms with Gasteiger partial charge in [-0.1, -0.05) is 43.9 Å². The summed E-state index contributed by atoms with van der Waals surface area (Å²) in [7, 11) is 0. The molecule has 2 aromatic heterocycles. The maximum Gasteiger partial charge on any atom is 0.230 e. The third-order valence-electron chi connectivity index (χ3n) is 4.74. The Balaban J connectivity index is 1.60. The van der Waals surface area contributed by atoms with E-state index < -0.39 is 0 Å². The van der Waals surface area contributed by atoms with Crippen LogP contribution in [0.1, 0.15) is 55.4 Å². The van der Waals surface area contributed by atoms with Gasteiger partial charge in [-0.2, -0.15) is 0 Å². The number of carbonyl (C=O) groups excluding carboxylic acids is 1. The normalized spacial score (nSPS) is 16.8. The van der Waals surface area contributed by atoms with Crippen LogP contribution >= 0.6 is 23.1 Å². The summed E-state index contributed by atoms with van der Waals surface area (Å²) in [4.78, 5) is 23.4. The number of rotatable bonds is 4. The Morgan fingerprint density at radius 2 is 1.92 bits per heavy atom. The molecule has 3 rings (SSSR count). The molecule has 0 bridgehead atoms. The van der Waals surface area contributed by atoms with E-state index in [1.54, 1.807) is 17.7 Å². The third-order valence-corrected chi connectivity index (χ3v) is 6.85. The summed E-state index contributed by atoms with van der Waals surface area (Å²) in [5.74, 6) is 0.554. The maximum atomic E-state index is 12.3. The lowest BCUT2D eigenvalue weighted by Gasteiger charge is -2.20. The van der Waals surface area contributed by atoms with Gasteiger partial charge in [0.2, 0.25) is 5.91 Å². The van der Waals surface area contributed by atoms with E-state index in [9.17, 15) is 4.79 Å². The molecule has 24 heavy (non-hydrogen) atoms. The van der Waals surface area contributed by atoms with Crippen LogP contribution in [0.25, 0.3) is 10.2 Å². The summed E-state index contributed by atoms with van der Waals surface area (Å²) in [6.45, 7) is 4.22. The van der Waals surface area contributed by atoms with Gasteiger partial charge >= 0.3 is 0 Å². The van der Waals surface area contributed by atoms with Crippen LogP contribution in [0.2, 0.25) is 0 Å². The van der Waals surface area contributed by atoms with Crippen molar-refractivity contribution >= 4 is 39.2 Å². The van der Waals surface area contributed by atoms with Crippen molar-refractivity contribution < 1.29 is 4.79 Å². The Labute approximate surface area is 151 Å². The molecule has 0 unspecified atom stereocenters. The van der Waals surface area contributed by atoms with Gasteiger partial charge < -0.3 is 5.32 Å². The van der Waals surface area contributed by atoms with Gasteiger partial charge in [-0.05, 0) is 32.3 Å². The van der Waals surface area contributed by atoms with Crippen LogP contribution in [0, 0.1) is 13.8 Å². The molecule has 1 amide bonds. The molecular formula is C18H25N3OS2. The smallest absolute Gasteiger partial charge is 0.230 e. The number of aryl methyl sites for hydroxylation is 2. The van der Waals surface area contributed by atoms with Gasteiger partial charge in [0.25, 0.3) is 0 Å². The second kappa shape index (κ2) is 8.30. The summed E-state index contributed by atoms with van der Waals surface area (Å²) in [5.41, 5.74) is 1.23. The Kier molecular flexibility index (Phi) is 6.11. The largest absolute Gasteiger partial charge is 0.353 e. The van der Waals surface area contributed by atoms with Crippen LogP contribution in [0.4, 0.5) is 0 Å². The van der Waals surface area contributed by atoms with Crippen molar-refractivity contribution in [2.24, 2.45) is 0 Å². The molecular weight excluding hydrogens is 338 g/mol. The summed E-state index contributed by atoms with van der Waals surface area (Å²) >= 11 is 3.22. The Bertz CT molecular complexity index is 706. The van der Waals surface area contributed by atoms with Crippen LogP contribution in [-0.4, -0.2) is 27.7 Å². The standard InChI is InChI=1S/C18H25N3OS2/c1-12-13(2)24-18-16(12)17(19-11-20-18)23-10-15(22)21-14-8-6-4-3-5-7-9-14/h11,14H,3-10H2,1-2H3,(H,21,22). The number of nitrogens with one attached hydrogen (secondary N) is 1. The summed E-state index contributed by atoms with van der Waals surface area (Å²) in [5, 5.41) is 5.26. The minimum atomic E-state index is 0.127. The first-order chi connectivity index (χ1) is 11.6. The highest BCUT2D eigenvalue weighted by atomic mass is 32.2. The Morgan fingerprint density at radius 1 is 1.21 bits per heavy atom. The molecule has 0 atom stereocenters. The predicted molar refractivity (Wildman–Crippen MR) is 102 cm³/mol. The summed E-state index contributed by atoms with van der Waals surface area (Å²) in [6.07, 6.45) is 10.3. The molecule has 130 valence electrons. The van der Waals surface area contributed by atoms with Crippen molar-refractivity contribution in [3.05, 3.63) is 16.8 Å². The Hall–Kier alpha value is -1.14. The van der Waals surface area contributed by atoms with Gasteiger partial charge in [0.1, 0.15) is 16.2 Å². The lowest BCUT2D eigenvalue weighted by atomic mass is 9.97. The fourth-order valence-electron chi connectivity index (χ4n) is 3.26. The van der Waals surface area contributed by atoms with Crippen molar-refractivity contribution in [2.45, 2.75) is 69.9 Å². The highest BCUT2D eigenvalue weighted by Gasteiger charge is 2.16. The summed E-state index contributed by atoms with van der Waals surface area (Å²) < 4.78 is 0. The van der Waals surface area contributed by atoms with E-state index >= 15 is 0 Å². The van der Waals surface area contributed by atoms with Crippen molar-refractivity contribution in [2.75, 3.05) is 5.75 Å². The molecule has 2 aromatic rings. The SMILES string of the molecule is Cc1sc2ncnc(SCC(=O)NC3CCCCCCC3)c2c1C. The topological polar surface area (TPSA) is 54.9 Å². The predicted octanol–water partition coefficient (Wildman–Crippen LogP) is 4.63. The van der Waals surface area contributed by atoms with Crippen molar-refractivity contribution in [1.82, 2.24) is 15.3 Å². The number of amides is 1. The lowest BCUT2D eigenvalue weighted by Crippen LogP contribution is -2.36. The van der Waals surface area contributed by atoms with E-state index in [1.807, 2.05) is 0 Å². The van der Waals surface area contributed by atoms with Crippen LogP contribution < -0.4 is 5.32 Å². The molecule has 6 heteroatoms. The van der Waals surface area contributed by atoms with Crippen molar-refractivity contribution in [3.8, 4) is 0 Å². The quantitative estimate of drug-likeness (QED) is 0.636. The maximum absolute atomic E-state index is 12.3. The highest BCUT2D eigenvalue weighted by Crippen LogP contribution is 2.34. The number of carbonyl (C=O) groups is 1. The second-order valence-electron chi connectivity index (χ2n) is 6.54. The minimum absolute atomic E-state index is 0.127. The number of thioether (sulfide) groups is 1. The first kappa shape index (κ1) is 17.7. The van der Waals surface area contributed by atoms with Crippen molar-refractivity contribution in [1.29, 1.82) is 0 Å². The molecule has 1 N–H and O–H groups in total. The molecule has 1 fully saturated rings. The number of nitrogens with zero attached hydrogens (tertiary/aromatic N) is 2. The van der Waals surface area contributed by atoms with Crippen LogP contribution in [0.3, 0.4) is 0 Å². The zero-order valence-electron chi connectivity index (χ0n) is 14.4. The molecule has 0 saturated heterocycles. The van der Waals surface area contributed by atoms with Crippen LogP contribution in [-0.2, 0) is 4.79 Å². The number of fused-ring (bicyclic) bond motifs is 1. The Morgan fingerprint density at radius 3 is 2.67 bits per heavy atom. The van der Waals surface area contributed by atoms with Crippen LogP contribution in [0.15, 0.2) is 11.4 Å². The highest BCUT2D eigenvalue weighted by molar-refractivity contribution is 8.00. The van der Waals surface area contributed by atoms with E-state index in [1.165, 1.54) is 54.3 Å². The lowest BCUT2D eigenvalue weighted by molar-refractivity contribution is -0.119. The average Bonchev–Trinajstić information content (AvgIpc) is 2.83. The van der Waals surface area contributed by atoms with Gasteiger partial charge in [0, 0.05) is 16.3 Å². The monoisotopic (exact) mass is 363 g/mol. The zero-order chi connectivity index (χ0) is 16.9.